The van der Waals surface area contributed by atoms with Crippen molar-refractivity contribution in [1.29, 1.82) is 0 Å². The molecule has 0 aliphatic carbocycles. The molecule has 0 aromatic rings. The topological polar surface area (TPSA) is 114 Å². The Labute approximate surface area is 82.4 Å². The number of hydrogen-bond donors (Lipinski definition) is 4. The predicted octanol–water partition coefficient (Wildman–Crippen LogP) is -1.29. The molecule has 1 saturated heterocycles. The number of nitrogens with two attached hydrogens (primary N) is 2. The van der Waals surface area contributed by atoms with Gasteiger partial charge in [-0.15, -0.1) is 0 Å². The number of carboxylic acid groups (broad SMARTS) is 1. The van der Waals surface area contributed by atoms with Crippen LogP contribution in [0.3, 0.4) is 0 Å². The lowest BCUT2D eigenvalue weighted by atomic mass is 10.0. The van der Waals surface area contributed by atoms with Gasteiger partial charge >= 0.3 is 5.97 Å². The molecule has 0 radical (unpaired) electrons. The van der Waals surface area contributed by atoms with E-state index in [1.165, 1.54) is 0 Å². The van der Waals surface area contributed by atoms with Gasteiger partial charge in [-0.1, -0.05) is 0 Å². The number of carbonyl (C=O) groups is 1. The lowest BCUT2D eigenvalue weighted by molar-refractivity contribution is -0.139. The smallest absolute Gasteiger partial charge is 0.320 e. The maximum Gasteiger partial charge on any atom is 0.320 e. The van der Waals surface area contributed by atoms with Gasteiger partial charge in [0, 0.05) is 6.54 Å². The molecule has 6 N–H and O–H groups in total. The second-order valence-corrected chi connectivity index (χ2v) is 3.50. The molecule has 0 aromatic carbocycles. The van der Waals surface area contributed by atoms with Crippen LogP contribution in [0.15, 0.2) is 4.99 Å². The SMILES string of the molecule is NC(N)=NCC[C@@H]1CN[C@H](C(=O)O)C1. The third kappa shape index (κ3) is 3.21. The molecule has 14 heavy (non-hydrogen) atoms. The first-order chi connectivity index (χ1) is 6.59. The molecule has 0 aromatic heterocycles. The van der Waals surface area contributed by atoms with Crippen molar-refractivity contribution in [2.45, 2.75) is 18.9 Å². The summed E-state index contributed by atoms with van der Waals surface area (Å²) in [6.45, 7) is 1.30. The van der Waals surface area contributed by atoms with Gasteiger partial charge in [-0.05, 0) is 25.3 Å². The summed E-state index contributed by atoms with van der Waals surface area (Å²) in [5.41, 5.74) is 10.3. The quantitative estimate of drug-likeness (QED) is 0.333. The predicted molar refractivity (Wildman–Crippen MR) is 52.8 cm³/mol. The van der Waals surface area contributed by atoms with Gasteiger partial charge < -0.3 is 21.9 Å². The van der Waals surface area contributed by atoms with E-state index >= 15 is 0 Å². The summed E-state index contributed by atoms with van der Waals surface area (Å²) in [6.07, 6.45) is 1.49. The number of hydrogen-bond acceptors (Lipinski definition) is 3. The molecular formula is C8H16N4O2. The summed E-state index contributed by atoms with van der Waals surface area (Å²) in [6, 6.07) is -0.404. The van der Waals surface area contributed by atoms with E-state index in [1.54, 1.807) is 0 Å². The maximum absolute atomic E-state index is 10.6. The number of carboxylic acids is 1. The van der Waals surface area contributed by atoms with E-state index in [0.717, 1.165) is 13.0 Å². The zero-order valence-corrected chi connectivity index (χ0v) is 7.94. The molecule has 2 atom stereocenters. The van der Waals surface area contributed by atoms with Gasteiger partial charge in [0.2, 0.25) is 0 Å². The van der Waals surface area contributed by atoms with E-state index in [9.17, 15) is 4.79 Å². The van der Waals surface area contributed by atoms with E-state index in [0.29, 0.717) is 18.9 Å². The Kier molecular flexibility index (Phi) is 3.70. The Morgan fingerprint density at radius 3 is 2.79 bits per heavy atom. The number of aliphatic carboxylic acids is 1. The van der Waals surface area contributed by atoms with Gasteiger partial charge in [-0.2, -0.15) is 0 Å². The molecule has 0 amide bonds. The molecule has 1 aliphatic heterocycles. The molecular weight excluding hydrogens is 184 g/mol. The van der Waals surface area contributed by atoms with Crippen LogP contribution in [0, 0.1) is 5.92 Å². The van der Waals surface area contributed by atoms with E-state index in [-0.39, 0.29) is 5.96 Å². The molecule has 1 rings (SSSR count). The van der Waals surface area contributed by atoms with Gasteiger partial charge in [0.15, 0.2) is 5.96 Å². The monoisotopic (exact) mass is 200 g/mol. The first-order valence-corrected chi connectivity index (χ1v) is 4.61. The van der Waals surface area contributed by atoms with Gasteiger partial charge in [-0.3, -0.25) is 9.79 Å². The normalized spacial score (nSPS) is 26.0. The Morgan fingerprint density at radius 2 is 2.29 bits per heavy atom. The molecule has 80 valence electrons. The molecule has 1 fully saturated rings. The van der Waals surface area contributed by atoms with E-state index in [4.69, 9.17) is 16.6 Å². The highest BCUT2D eigenvalue weighted by atomic mass is 16.4. The third-order valence-corrected chi connectivity index (χ3v) is 2.35. The Balaban J connectivity index is 2.23. The Hall–Kier alpha value is -1.30. The zero-order valence-electron chi connectivity index (χ0n) is 7.94. The van der Waals surface area contributed by atoms with Crippen LogP contribution >= 0.6 is 0 Å². The fourth-order valence-corrected chi connectivity index (χ4v) is 1.59. The van der Waals surface area contributed by atoms with Crippen molar-refractivity contribution in [2.75, 3.05) is 13.1 Å². The van der Waals surface area contributed by atoms with Crippen molar-refractivity contribution in [3.05, 3.63) is 0 Å². The highest BCUT2D eigenvalue weighted by Gasteiger charge is 2.28. The minimum absolute atomic E-state index is 0.0886. The summed E-state index contributed by atoms with van der Waals surface area (Å²) >= 11 is 0. The first-order valence-electron chi connectivity index (χ1n) is 4.61. The van der Waals surface area contributed by atoms with Gasteiger partial charge in [0.1, 0.15) is 6.04 Å². The highest BCUT2D eigenvalue weighted by molar-refractivity contribution is 5.75. The Morgan fingerprint density at radius 1 is 1.57 bits per heavy atom. The van der Waals surface area contributed by atoms with Crippen molar-refractivity contribution in [2.24, 2.45) is 22.4 Å². The maximum atomic E-state index is 10.6. The summed E-state index contributed by atoms with van der Waals surface area (Å²) in [5.74, 6) is -0.334. The molecule has 1 aliphatic rings. The molecule has 6 nitrogen and oxygen atoms in total. The van der Waals surface area contributed by atoms with Crippen LogP contribution in [-0.4, -0.2) is 36.2 Å². The van der Waals surface area contributed by atoms with Crippen molar-refractivity contribution < 1.29 is 9.90 Å². The van der Waals surface area contributed by atoms with Crippen molar-refractivity contribution in [3.63, 3.8) is 0 Å². The van der Waals surface area contributed by atoms with Crippen LogP contribution in [0.2, 0.25) is 0 Å². The third-order valence-electron chi connectivity index (χ3n) is 2.35. The number of nitrogens with zero attached hydrogens (tertiary/aromatic N) is 1. The summed E-state index contributed by atoms with van der Waals surface area (Å²) in [5, 5.41) is 11.6. The zero-order chi connectivity index (χ0) is 10.6. The number of aliphatic imine (C=N–C) groups is 1. The van der Waals surface area contributed by atoms with E-state index in [2.05, 4.69) is 10.3 Å². The number of rotatable bonds is 4. The van der Waals surface area contributed by atoms with E-state index < -0.39 is 12.0 Å². The summed E-state index contributed by atoms with van der Waals surface area (Å²) in [4.78, 5) is 14.5. The standard InChI is InChI=1S/C8H16N4O2/c9-8(10)11-2-1-5-3-6(7(13)14)12-4-5/h5-6,12H,1-4H2,(H,13,14)(H4,9,10,11)/t5-,6-/m0/s1. The fraction of sp³-hybridized carbons (Fsp3) is 0.750. The van der Waals surface area contributed by atoms with Crippen LogP contribution in [0.5, 0.6) is 0 Å². The lowest BCUT2D eigenvalue weighted by Gasteiger charge is -2.05. The number of nitrogens with one attached hydrogen (secondary N) is 1. The Bertz CT molecular complexity index is 237. The highest BCUT2D eigenvalue weighted by Crippen LogP contribution is 2.17. The van der Waals surface area contributed by atoms with Crippen LogP contribution in [0.4, 0.5) is 0 Å². The largest absolute Gasteiger partial charge is 0.480 e. The van der Waals surface area contributed by atoms with Gasteiger partial charge in [-0.25, -0.2) is 0 Å². The average Bonchev–Trinajstić information content (AvgIpc) is 2.52. The van der Waals surface area contributed by atoms with Crippen molar-refractivity contribution >= 4 is 11.9 Å². The second kappa shape index (κ2) is 4.80. The minimum Gasteiger partial charge on any atom is -0.480 e. The average molecular weight is 200 g/mol. The van der Waals surface area contributed by atoms with Gasteiger partial charge in [0.25, 0.3) is 0 Å². The molecule has 0 saturated carbocycles. The van der Waals surface area contributed by atoms with Crippen LogP contribution in [0.1, 0.15) is 12.8 Å². The molecule has 0 unspecified atom stereocenters. The van der Waals surface area contributed by atoms with Crippen LogP contribution in [-0.2, 0) is 4.79 Å². The van der Waals surface area contributed by atoms with Crippen LogP contribution < -0.4 is 16.8 Å². The second-order valence-electron chi connectivity index (χ2n) is 3.50. The molecule has 1 heterocycles. The van der Waals surface area contributed by atoms with Crippen molar-refractivity contribution in [1.82, 2.24) is 5.32 Å². The fourth-order valence-electron chi connectivity index (χ4n) is 1.59. The molecule has 0 bridgehead atoms. The first kappa shape index (κ1) is 10.8. The lowest BCUT2D eigenvalue weighted by Crippen LogP contribution is -2.29. The van der Waals surface area contributed by atoms with Crippen LogP contribution in [0.25, 0.3) is 0 Å². The summed E-state index contributed by atoms with van der Waals surface area (Å²) < 4.78 is 0. The molecule has 0 spiro atoms. The summed E-state index contributed by atoms with van der Waals surface area (Å²) in [7, 11) is 0. The molecule has 6 heteroatoms. The van der Waals surface area contributed by atoms with Gasteiger partial charge in [0.05, 0.1) is 0 Å². The minimum atomic E-state index is -0.783. The van der Waals surface area contributed by atoms with Crippen molar-refractivity contribution in [3.8, 4) is 0 Å². The van der Waals surface area contributed by atoms with E-state index in [1.807, 2.05) is 0 Å². The number of guanidine groups is 1.